The number of hydrogen-bond donors (Lipinski definition) is 2. The van der Waals surface area contributed by atoms with Gasteiger partial charge in [0, 0.05) is 15.7 Å². The second-order valence-electron chi connectivity index (χ2n) is 2.84. The number of hydrogen-bond acceptors (Lipinski definition) is 3. The third kappa shape index (κ3) is 1.78. The van der Waals surface area contributed by atoms with Crippen molar-refractivity contribution in [1.82, 2.24) is 15.2 Å². The van der Waals surface area contributed by atoms with Gasteiger partial charge < -0.3 is 5.73 Å². The van der Waals surface area contributed by atoms with E-state index in [1.165, 1.54) is 6.33 Å². The molecule has 0 bridgehead atoms. The zero-order valence-corrected chi connectivity index (χ0v) is 9.52. The van der Waals surface area contributed by atoms with Crippen LogP contribution in [0.25, 0.3) is 11.4 Å². The van der Waals surface area contributed by atoms with E-state index in [2.05, 4.69) is 37.8 Å². The Kier molecular flexibility index (Phi) is 2.78. The van der Waals surface area contributed by atoms with E-state index in [0.717, 1.165) is 20.5 Å². The Hall–Kier alpha value is -0.950. The molecule has 1 heterocycles. The third-order valence-electron chi connectivity index (χ3n) is 1.96. The van der Waals surface area contributed by atoms with Crippen LogP contribution < -0.4 is 5.73 Å². The lowest BCUT2D eigenvalue weighted by Crippen LogP contribution is -1.99. The van der Waals surface area contributed by atoms with Gasteiger partial charge in [-0.3, -0.25) is 5.10 Å². The quantitative estimate of drug-likeness (QED) is 0.827. The molecule has 0 saturated heterocycles. The predicted octanol–water partition coefficient (Wildman–Crippen LogP) is 1.54. The van der Waals surface area contributed by atoms with Crippen molar-refractivity contribution in [2.24, 2.45) is 5.73 Å². The average molecular weight is 300 g/mol. The molecule has 5 heteroatoms. The number of nitrogens with zero attached hydrogens (tertiary/aromatic N) is 2. The number of halogens is 1. The van der Waals surface area contributed by atoms with E-state index >= 15 is 0 Å². The fraction of sp³-hybridized carbons (Fsp3) is 0.111. The fourth-order valence-corrected chi connectivity index (χ4v) is 1.94. The molecule has 0 unspecified atom stereocenters. The van der Waals surface area contributed by atoms with Crippen LogP contribution >= 0.6 is 22.6 Å². The minimum Gasteiger partial charge on any atom is -0.326 e. The molecule has 0 aliphatic heterocycles. The summed E-state index contributed by atoms with van der Waals surface area (Å²) in [6.07, 6.45) is 1.50. The van der Waals surface area contributed by atoms with E-state index < -0.39 is 0 Å². The highest BCUT2D eigenvalue weighted by Gasteiger charge is 2.03. The Labute approximate surface area is 95.1 Å². The molecular weight excluding hydrogens is 291 g/mol. The maximum absolute atomic E-state index is 5.58. The number of aromatic amines is 1. The Morgan fingerprint density at radius 2 is 2.29 bits per heavy atom. The smallest absolute Gasteiger partial charge is 0.155 e. The zero-order chi connectivity index (χ0) is 9.97. The van der Waals surface area contributed by atoms with Gasteiger partial charge in [0.2, 0.25) is 0 Å². The predicted molar refractivity (Wildman–Crippen MR) is 62.4 cm³/mol. The summed E-state index contributed by atoms with van der Waals surface area (Å²) in [6.45, 7) is 0.564. The van der Waals surface area contributed by atoms with Crippen molar-refractivity contribution in [1.29, 1.82) is 0 Å². The van der Waals surface area contributed by atoms with E-state index in [1.54, 1.807) is 0 Å². The minimum atomic E-state index is 0.564. The topological polar surface area (TPSA) is 67.6 Å². The summed E-state index contributed by atoms with van der Waals surface area (Å²) in [5.74, 6) is 0.784. The summed E-state index contributed by atoms with van der Waals surface area (Å²) in [6, 6.07) is 6.05. The zero-order valence-electron chi connectivity index (χ0n) is 7.37. The number of H-pyrrole nitrogens is 1. The van der Waals surface area contributed by atoms with E-state index in [9.17, 15) is 0 Å². The van der Waals surface area contributed by atoms with Crippen molar-refractivity contribution >= 4 is 22.6 Å². The monoisotopic (exact) mass is 300 g/mol. The van der Waals surface area contributed by atoms with Crippen molar-refractivity contribution in [2.45, 2.75) is 6.54 Å². The molecule has 0 aliphatic carbocycles. The summed E-state index contributed by atoms with van der Waals surface area (Å²) in [7, 11) is 0. The normalized spacial score (nSPS) is 10.4. The molecule has 0 amide bonds. The van der Waals surface area contributed by atoms with Crippen LogP contribution in [0.2, 0.25) is 0 Å². The van der Waals surface area contributed by atoms with Gasteiger partial charge in [-0.15, -0.1) is 0 Å². The molecule has 0 radical (unpaired) electrons. The van der Waals surface area contributed by atoms with Gasteiger partial charge in [0.25, 0.3) is 0 Å². The fourth-order valence-electron chi connectivity index (χ4n) is 1.20. The van der Waals surface area contributed by atoms with Crippen LogP contribution in [0.3, 0.4) is 0 Å². The first kappa shape index (κ1) is 9.60. The number of benzene rings is 1. The van der Waals surface area contributed by atoms with Crippen molar-refractivity contribution in [3.63, 3.8) is 0 Å². The molecule has 2 aromatic rings. The molecule has 2 rings (SSSR count). The summed E-state index contributed by atoms with van der Waals surface area (Å²) >= 11 is 2.27. The molecule has 0 saturated carbocycles. The summed E-state index contributed by atoms with van der Waals surface area (Å²) in [5, 5.41) is 6.63. The SMILES string of the molecule is NCc1ccc(-c2ncn[nH]2)cc1I. The molecule has 72 valence electrons. The van der Waals surface area contributed by atoms with Crippen LogP contribution in [0.1, 0.15) is 5.56 Å². The first-order chi connectivity index (χ1) is 6.81. The molecule has 0 spiro atoms. The van der Waals surface area contributed by atoms with Gasteiger partial charge in [-0.05, 0) is 34.2 Å². The molecule has 14 heavy (non-hydrogen) atoms. The second-order valence-corrected chi connectivity index (χ2v) is 4.01. The van der Waals surface area contributed by atoms with E-state index in [-0.39, 0.29) is 0 Å². The Bertz CT molecular complexity index is 424. The lowest BCUT2D eigenvalue weighted by atomic mass is 10.1. The van der Waals surface area contributed by atoms with Gasteiger partial charge >= 0.3 is 0 Å². The summed E-state index contributed by atoms with van der Waals surface area (Å²) in [4.78, 5) is 4.08. The van der Waals surface area contributed by atoms with Gasteiger partial charge in [0.1, 0.15) is 6.33 Å². The highest BCUT2D eigenvalue weighted by atomic mass is 127. The van der Waals surface area contributed by atoms with Crippen LogP contribution in [-0.4, -0.2) is 15.2 Å². The number of nitrogens with one attached hydrogen (secondary N) is 1. The molecule has 1 aromatic carbocycles. The van der Waals surface area contributed by atoms with Gasteiger partial charge in [-0.2, -0.15) is 5.10 Å². The van der Waals surface area contributed by atoms with E-state index in [4.69, 9.17) is 5.73 Å². The van der Waals surface area contributed by atoms with Crippen LogP contribution in [0, 0.1) is 3.57 Å². The molecule has 0 aliphatic rings. The molecule has 4 nitrogen and oxygen atoms in total. The standard InChI is InChI=1S/C9H9IN4/c10-8-3-6(1-2-7(8)4-11)9-12-5-13-14-9/h1-3,5H,4,11H2,(H,12,13,14). The molecule has 0 fully saturated rings. The number of aromatic nitrogens is 3. The Morgan fingerprint density at radius 3 is 2.86 bits per heavy atom. The van der Waals surface area contributed by atoms with Crippen molar-refractivity contribution < 1.29 is 0 Å². The van der Waals surface area contributed by atoms with Crippen molar-refractivity contribution in [3.8, 4) is 11.4 Å². The number of rotatable bonds is 2. The van der Waals surface area contributed by atoms with Crippen molar-refractivity contribution in [3.05, 3.63) is 33.7 Å². The van der Waals surface area contributed by atoms with Crippen LogP contribution in [-0.2, 0) is 6.54 Å². The Morgan fingerprint density at radius 1 is 1.43 bits per heavy atom. The highest BCUT2D eigenvalue weighted by Crippen LogP contribution is 2.20. The van der Waals surface area contributed by atoms with Crippen LogP contribution in [0.4, 0.5) is 0 Å². The largest absolute Gasteiger partial charge is 0.326 e. The molecule has 1 aromatic heterocycles. The first-order valence-electron chi connectivity index (χ1n) is 4.15. The Balaban J connectivity index is 2.43. The minimum absolute atomic E-state index is 0.564. The third-order valence-corrected chi connectivity index (χ3v) is 2.97. The lowest BCUT2D eigenvalue weighted by molar-refractivity contribution is 1.06. The average Bonchev–Trinajstić information content (AvgIpc) is 2.70. The first-order valence-corrected chi connectivity index (χ1v) is 5.23. The molecular formula is C9H9IN4. The van der Waals surface area contributed by atoms with E-state index in [0.29, 0.717) is 6.54 Å². The van der Waals surface area contributed by atoms with Crippen LogP contribution in [0.5, 0.6) is 0 Å². The molecule has 0 atom stereocenters. The summed E-state index contributed by atoms with van der Waals surface area (Å²) < 4.78 is 1.15. The summed E-state index contributed by atoms with van der Waals surface area (Å²) in [5.41, 5.74) is 7.76. The van der Waals surface area contributed by atoms with Gasteiger partial charge in [0.05, 0.1) is 0 Å². The van der Waals surface area contributed by atoms with Gasteiger partial charge in [0.15, 0.2) is 5.82 Å². The van der Waals surface area contributed by atoms with Gasteiger partial charge in [-0.25, -0.2) is 4.98 Å². The van der Waals surface area contributed by atoms with E-state index in [1.807, 2.05) is 18.2 Å². The van der Waals surface area contributed by atoms with Gasteiger partial charge in [-0.1, -0.05) is 12.1 Å². The van der Waals surface area contributed by atoms with Crippen LogP contribution in [0.15, 0.2) is 24.5 Å². The lowest BCUT2D eigenvalue weighted by Gasteiger charge is -2.02. The maximum Gasteiger partial charge on any atom is 0.155 e. The highest BCUT2D eigenvalue weighted by molar-refractivity contribution is 14.1. The van der Waals surface area contributed by atoms with Crippen molar-refractivity contribution in [2.75, 3.05) is 0 Å². The maximum atomic E-state index is 5.58. The number of nitrogens with two attached hydrogens (primary N) is 1. The second kappa shape index (κ2) is 4.05. The molecule has 3 N–H and O–H groups in total.